The van der Waals surface area contributed by atoms with Gasteiger partial charge in [0.2, 0.25) is 0 Å². The van der Waals surface area contributed by atoms with Crippen molar-refractivity contribution in [2.45, 2.75) is 51.9 Å². The van der Waals surface area contributed by atoms with Gasteiger partial charge in [0.1, 0.15) is 0 Å². The van der Waals surface area contributed by atoms with Gasteiger partial charge in [-0.05, 0) is 25.2 Å². The van der Waals surface area contributed by atoms with E-state index in [0.29, 0.717) is 19.3 Å². The van der Waals surface area contributed by atoms with Crippen molar-refractivity contribution in [1.29, 1.82) is 0 Å². The fourth-order valence-electron chi connectivity index (χ4n) is 1.32. The van der Waals surface area contributed by atoms with Crippen LogP contribution in [0, 0.1) is 5.92 Å². The Balaban J connectivity index is 0. The maximum atomic E-state index is 10.1. The number of carboxylic acid groups (broad SMARTS) is 4. The summed E-state index contributed by atoms with van der Waals surface area (Å²) in [5, 5.41) is 32.8. The Morgan fingerprint density at radius 1 is 0.714 bits per heavy atom. The lowest BCUT2D eigenvalue weighted by atomic mass is 10.0. The highest BCUT2D eigenvalue weighted by Gasteiger charge is 2.08. The third kappa shape index (κ3) is 23.4. The van der Waals surface area contributed by atoms with E-state index in [2.05, 4.69) is 0 Å². The Hall–Kier alpha value is -2.12. The van der Waals surface area contributed by atoms with E-state index in [0.717, 1.165) is 0 Å². The Morgan fingerprint density at radius 2 is 1.10 bits per heavy atom. The average molecular weight is 306 g/mol. The Kier molecular flexibility index (Phi) is 13.0. The van der Waals surface area contributed by atoms with Crippen molar-refractivity contribution in [3.05, 3.63) is 0 Å². The Morgan fingerprint density at radius 3 is 1.38 bits per heavy atom. The van der Waals surface area contributed by atoms with Crippen LogP contribution in [-0.2, 0) is 19.2 Å². The summed E-state index contributed by atoms with van der Waals surface area (Å²) in [5.41, 5.74) is 0. The molecule has 0 amide bonds. The second-order valence-corrected chi connectivity index (χ2v) is 4.63. The molecule has 8 nitrogen and oxygen atoms in total. The summed E-state index contributed by atoms with van der Waals surface area (Å²) in [4.78, 5) is 39.9. The molecule has 0 aliphatic rings. The number of hydrogen-bond acceptors (Lipinski definition) is 4. The molecule has 0 aromatic heterocycles. The zero-order valence-corrected chi connectivity index (χ0v) is 11.9. The van der Waals surface area contributed by atoms with Gasteiger partial charge in [-0.25, -0.2) is 0 Å². The van der Waals surface area contributed by atoms with Crippen molar-refractivity contribution in [3.63, 3.8) is 0 Å². The number of carbonyl (C=O) groups is 4. The molecule has 0 radical (unpaired) electrons. The summed E-state index contributed by atoms with van der Waals surface area (Å²) in [6, 6.07) is 0. The first-order valence-corrected chi connectivity index (χ1v) is 6.52. The van der Waals surface area contributed by atoms with Crippen molar-refractivity contribution in [1.82, 2.24) is 0 Å². The number of aliphatic carboxylic acids is 4. The molecule has 0 aromatic rings. The predicted octanol–water partition coefficient (Wildman–Crippen LogP) is 1.68. The standard InChI is InChI=1S/C7H12O4.C6H10O4/c1-5(4-7(10)11)2-3-6(8)9;7-5(8)3-1-2-4-6(9)10/h5H,2-4H2,1H3,(H,8,9)(H,10,11);1-4H2,(H,7,8)(H,9,10). The van der Waals surface area contributed by atoms with Crippen molar-refractivity contribution < 1.29 is 39.6 Å². The van der Waals surface area contributed by atoms with Crippen molar-refractivity contribution >= 4 is 23.9 Å². The maximum Gasteiger partial charge on any atom is 0.303 e. The van der Waals surface area contributed by atoms with Crippen LogP contribution in [0.3, 0.4) is 0 Å². The summed E-state index contributed by atoms with van der Waals surface area (Å²) in [6.07, 6.45) is 1.55. The average Bonchev–Trinajstić information content (AvgIpc) is 2.32. The number of hydrogen-bond donors (Lipinski definition) is 4. The normalized spacial score (nSPS) is 10.9. The molecule has 0 rings (SSSR count). The first kappa shape index (κ1) is 21.2. The number of unbranched alkanes of at least 4 members (excludes halogenated alkanes) is 1. The number of carboxylic acids is 4. The van der Waals surface area contributed by atoms with Gasteiger partial charge in [-0.15, -0.1) is 0 Å². The Bertz CT molecular complexity index is 334. The molecule has 0 aliphatic heterocycles. The van der Waals surface area contributed by atoms with E-state index in [-0.39, 0.29) is 31.6 Å². The first-order valence-electron chi connectivity index (χ1n) is 6.52. The smallest absolute Gasteiger partial charge is 0.303 e. The van der Waals surface area contributed by atoms with Gasteiger partial charge in [0, 0.05) is 25.7 Å². The Labute approximate surface area is 122 Å². The molecule has 1 atom stereocenters. The van der Waals surface area contributed by atoms with Crippen molar-refractivity contribution in [3.8, 4) is 0 Å². The third-order valence-electron chi connectivity index (χ3n) is 2.41. The summed E-state index contributed by atoms with van der Waals surface area (Å²) >= 11 is 0. The molecule has 0 spiro atoms. The molecule has 0 aliphatic carbocycles. The zero-order chi connectivity index (χ0) is 16.8. The molecular formula is C13H22O8. The molecule has 0 saturated heterocycles. The lowest BCUT2D eigenvalue weighted by Crippen LogP contribution is -2.06. The third-order valence-corrected chi connectivity index (χ3v) is 2.41. The summed E-state index contributed by atoms with van der Waals surface area (Å²) in [6.45, 7) is 1.73. The predicted molar refractivity (Wildman–Crippen MR) is 72.0 cm³/mol. The molecule has 0 aromatic carbocycles. The van der Waals surface area contributed by atoms with E-state index in [4.69, 9.17) is 20.4 Å². The van der Waals surface area contributed by atoms with Crippen LogP contribution < -0.4 is 0 Å². The molecule has 0 fully saturated rings. The topological polar surface area (TPSA) is 149 Å². The van der Waals surface area contributed by atoms with E-state index in [1.165, 1.54) is 0 Å². The zero-order valence-electron chi connectivity index (χ0n) is 11.9. The molecule has 0 saturated carbocycles. The highest BCUT2D eigenvalue weighted by atomic mass is 16.4. The van der Waals surface area contributed by atoms with Crippen LogP contribution in [-0.4, -0.2) is 44.3 Å². The second kappa shape index (κ2) is 12.9. The highest BCUT2D eigenvalue weighted by molar-refractivity contribution is 5.68. The van der Waals surface area contributed by atoms with E-state index < -0.39 is 23.9 Å². The highest BCUT2D eigenvalue weighted by Crippen LogP contribution is 2.09. The second-order valence-electron chi connectivity index (χ2n) is 4.63. The van der Waals surface area contributed by atoms with Crippen LogP contribution in [0.2, 0.25) is 0 Å². The molecule has 0 bridgehead atoms. The fourth-order valence-corrected chi connectivity index (χ4v) is 1.32. The maximum absolute atomic E-state index is 10.1. The number of rotatable bonds is 10. The van der Waals surface area contributed by atoms with E-state index in [9.17, 15) is 19.2 Å². The van der Waals surface area contributed by atoms with Crippen LogP contribution in [0.25, 0.3) is 0 Å². The van der Waals surface area contributed by atoms with Gasteiger partial charge in [0.15, 0.2) is 0 Å². The molecule has 0 heterocycles. The SMILES string of the molecule is CC(CCC(=O)O)CC(=O)O.O=C(O)CCCCC(=O)O. The summed E-state index contributed by atoms with van der Waals surface area (Å²) < 4.78 is 0. The van der Waals surface area contributed by atoms with E-state index in [1.54, 1.807) is 6.92 Å². The lowest BCUT2D eigenvalue weighted by molar-refractivity contribution is -0.140. The quantitative estimate of drug-likeness (QED) is 0.445. The van der Waals surface area contributed by atoms with Gasteiger partial charge in [-0.3, -0.25) is 19.2 Å². The molecule has 8 heteroatoms. The largest absolute Gasteiger partial charge is 0.481 e. The molecule has 21 heavy (non-hydrogen) atoms. The minimum Gasteiger partial charge on any atom is -0.481 e. The molecular weight excluding hydrogens is 284 g/mol. The monoisotopic (exact) mass is 306 g/mol. The van der Waals surface area contributed by atoms with Gasteiger partial charge < -0.3 is 20.4 Å². The van der Waals surface area contributed by atoms with Crippen LogP contribution in [0.5, 0.6) is 0 Å². The van der Waals surface area contributed by atoms with Gasteiger partial charge in [0.05, 0.1) is 0 Å². The van der Waals surface area contributed by atoms with Gasteiger partial charge >= 0.3 is 23.9 Å². The van der Waals surface area contributed by atoms with Crippen LogP contribution in [0.4, 0.5) is 0 Å². The van der Waals surface area contributed by atoms with Gasteiger partial charge in [-0.2, -0.15) is 0 Å². The van der Waals surface area contributed by atoms with E-state index >= 15 is 0 Å². The van der Waals surface area contributed by atoms with Crippen LogP contribution in [0.15, 0.2) is 0 Å². The minimum atomic E-state index is -0.873. The van der Waals surface area contributed by atoms with E-state index in [1.807, 2.05) is 0 Å². The fraction of sp³-hybridized carbons (Fsp3) is 0.692. The molecule has 122 valence electrons. The minimum absolute atomic E-state index is 0.0489. The van der Waals surface area contributed by atoms with Gasteiger partial charge in [0.25, 0.3) is 0 Å². The van der Waals surface area contributed by atoms with Crippen molar-refractivity contribution in [2.24, 2.45) is 5.92 Å². The summed E-state index contributed by atoms with van der Waals surface area (Å²) in [7, 11) is 0. The van der Waals surface area contributed by atoms with Crippen LogP contribution in [0.1, 0.15) is 51.9 Å². The van der Waals surface area contributed by atoms with Crippen LogP contribution >= 0.6 is 0 Å². The first-order chi connectivity index (χ1) is 9.65. The molecule has 1 unspecified atom stereocenters. The lowest BCUT2D eigenvalue weighted by Gasteiger charge is -2.04. The van der Waals surface area contributed by atoms with Gasteiger partial charge in [-0.1, -0.05) is 6.92 Å². The van der Waals surface area contributed by atoms with Crippen molar-refractivity contribution in [2.75, 3.05) is 0 Å². The summed E-state index contributed by atoms with van der Waals surface area (Å²) in [5.74, 6) is -3.54. The molecule has 4 N–H and O–H groups in total.